The van der Waals surface area contributed by atoms with Crippen molar-refractivity contribution >= 4 is 28.2 Å². The maximum atomic E-state index is 12.2. The average Bonchev–Trinajstić information content (AvgIpc) is 2.72. The molecule has 0 aliphatic heterocycles. The maximum absolute atomic E-state index is 12.2. The van der Waals surface area contributed by atoms with Crippen molar-refractivity contribution in [1.29, 1.82) is 0 Å². The Kier molecular flexibility index (Phi) is 7.09. The average molecular weight is 337 g/mol. The number of nitrogens with one attached hydrogen (secondary N) is 1. The zero-order valence-corrected chi connectivity index (χ0v) is 15.0. The van der Waals surface area contributed by atoms with Crippen LogP contribution in [-0.2, 0) is 22.4 Å². The third-order valence-electron chi connectivity index (χ3n) is 4.32. The summed E-state index contributed by atoms with van der Waals surface area (Å²) in [5.41, 5.74) is 1.69. The summed E-state index contributed by atoms with van der Waals surface area (Å²) in [4.78, 5) is 25.6. The first-order valence-corrected chi connectivity index (χ1v) is 9.51. The minimum atomic E-state index is -0.328. The van der Waals surface area contributed by atoms with E-state index in [2.05, 4.69) is 12.2 Å². The van der Waals surface area contributed by atoms with E-state index in [-0.39, 0.29) is 11.9 Å². The minimum absolute atomic E-state index is 0.00247. The summed E-state index contributed by atoms with van der Waals surface area (Å²) >= 11 is 1.56. The van der Waals surface area contributed by atoms with Gasteiger partial charge in [0.15, 0.2) is 0 Å². The lowest BCUT2D eigenvalue weighted by molar-refractivity contribution is -0.116. The number of hydrogen-bond donors (Lipinski definition) is 1. The van der Waals surface area contributed by atoms with E-state index < -0.39 is 0 Å². The maximum Gasteiger partial charge on any atom is 0.341 e. The lowest BCUT2D eigenvalue weighted by Crippen LogP contribution is -2.14. The fourth-order valence-electron chi connectivity index (χ4n) is 3.05. The number of unbranched alkanes of at least 4 members (excludes halogenated alkanes) is 3. The molecular formula is C18H27NO3S. The number of methoxy groups -OCH3 is 1. The zero-order chi connectivity index (χ0) is 16.7. The van der Waals surface area contributed by atoms with Gasteiger partial charge in [-0.25, -0.2) is 4.79 Å². The number of ether oxygens (including phenoxy) is 1. The molecule has 1 N–H and O–H groups in total. The standard InChI is InChI=1S/C18H27NO3S/c1-3-4-5-9-12-15(20)19-17-16(18(21)22-2)13-10-7-6-8-11-14(13)23-17/h3-12H2,1-2H3,(H,19,20). The summed E-state index contributed by atoms with van der Waals surface area (Å²) in [6.07, 6.45) is 10.2. The molecule has 1 aliphatic rings. The van der Waals surface area contributed by atoms with E-state index >= 15 is 0 Å². The van der Waals surface area contributed by atoms with Crippen LogP contribution < -0.4 is 5.32 Å². The van der Waals surface area contributed by atoms with Crippen LogP contribution >= 0.6 is 11.3 Å². The summed E-state index contributed by atoms with van der Waals surface area (Å²) in [7, 11) is 1.40. The van der Waals surface area contributed by atoms with Crippen LogP contribution in [0.25, 0.3) is 0 Å². The highest BCUT2D eigenvalue weighted by molar-refractivity contribution is 7.17. The van der Waals surface area contributed by atoms with Crippen molar-refractivity contribution in [3.63, 3.8) is 0 Å². The normalized spacial score (nSPS) is 14.0. The molecule has 1 amide bonds. The molecule has 1 aliphatic carbocycles. The van der Waals surface area contributed by atoms with Gasteiger partial charge in [0.25, 0.3) is 0 Å². The van der Waals surface area contributed by atoms with Crippen LogP contribution in [0.2, 0.25) is 0 Å². The Morgan fingerprint density at radius 1 is 1.13 bits per heavy atom. The molecule has 0 bridgehead atoms. The van der Waals surface area contributed by atoms with E-state index in [1.807, 2.05) is 0 Å². The van der Waals surface area contributed by atoms with Crippen LogP contribution in [0.1, 0.15) is 79.1 Å². The van der Waals surface area contributed by atoms with Crippen molar-refractivity contribution < 1.29 is 14.3 Å². The molecular weight excluding hydrogens is 310 g/mol. The Morgan fingerprint density at radius 2 is 1.91 bits per heavy atom. The number of fused-ring (bicyclic) bond motifs is 1. The fraction of sp³-hybridized carbons (Fsp3) is 0.667. The second kappa shape index (κ2) is 9.06. The Morgan fingerprint density at radius 3 is 2.65 bits per heavy atom. The molecule has 4 nitrogen and oxygen atoms in total. The Labute approximate surface area is 142 Å². The van der Waals surface area contributed by atoms with Gasteiger partial charge in [-0.15, -0.1) is 11.3 Å². The number of thiophene rings is 1. The highest BCUT2D eigenvalue weighted by Gasteiger charge is 2.26. The molecule has 1 aromatic heterocycles. The van der Waals surface area contributed by atoms with Crippen molar-refractivity contribution in [3.8, 4) is 0 Å². The van der Waals surface area contributed by atoms with Gasteiger partial charge in [0.2, 0.25) is 5.91 Å². The SMILES string of the molecule is CCCCCCC(=O)Nc1sc2c(c1C(=O)OC)CCCCC2. The Bertz CT molecular complexity index is 551. The van der Waals surface area contributed by atoms with E-state index in [0.29, 0.717) is 17.0 Å². The van der Waals surface area contributed by atoms with Crippen molar-refractivity contribution in [1.82, 2.24) is 0 Å². The van der Waals surface area contributed by atoms with Gasteiger partial charge in [0, 0.05) is 11.3 Å². The highest BCUT2D eigenvalue weighted by Crippen LogP contribution is 2.38. The summed E-state index contributed by atoms with van der Waals surface area (Å²) in [6, 6.07) is 0. The summed E-state index contributed by atoms with van der Waals surface area (Å²) in [5.74, 6) is -0.326. The molecule has 0 atom stereocenters. The Balaban J connectivity index is 2.11. The molecule has 2 rings (SSSR count). The van der Waals surface area contributed by atoms with Crippen LogP contribution in [0.4, 0.5) is 5.00 Å². The van der Waals surface area contributed by atoms with E-state index in [9.17, 15) is 9.59 Å². The molecule has 128 valence electrons. The quantitative estimate of drug-likeness (QED) is 0.445. The third-order valence-corrected chi connectivity index (χ3v) is 5.53. The number of carbonyl (C=O) groups is 2. The molecule has 0 saturated heterocycles. The molecule has 0 fully saturated rings. The predicted octanol–water partition coefficient (Wildman–Crippen LogP) is 4.71. The van der Waals surface area contributed by atoms with Crippen LogP contribution in [0.5, 0.6) is 0 Å². The summed E-state index contributed by atoms with van der Waals surface area (Å²) < 4.78 is 4.95. The lowest BCUT2D eigenvalue weighted by Gasteiger charge is -2.07. The number of hydrogen-bond acceptors (Lipinski definition) is 4. The van der Waals surface area contributed by atoms with Gasteiger partial charge in [-0.1, -0.05) is 32.6 Å². The molecule has 0 aromatic carbocycles. The minimum Gasteiger partial charge on any atom is -0.465 e. The van der Waals surface area contributed by atoms with E-state index in [1.54, 1.807) is 11.3 Å². The van der Waals surface area contributed by atoms with E-state index in [1.165, 1.54) is 18.4 Å². The van der Waals surface area contributed by atoms with Crippen LogP contribution in [0.3, 0.4) is 0 Å². The van der Waals surface area contributed by atoms with Gasteiger partial charge < -0.3 is 10.1 Å². The largest absolute Gasteiger partial charge is 0.465 e. The smallest absolute Gasteiger partial charge is 0.341 e. The molecule has 0 spiro atoms. The first kappa shape index (κ1) is 18.0. The fourth-order valence-corrected chi connectivity index (χ4v) is 4.34. The van der Waals surface area contributed by atoms with Gasteiger partial charge in [0.05, 0.1) is 12.7 Å². The topological polar surface area (TPSA) is 55.4 Å². The van der Waals surface area contributed by atoms with E-state index in [0.717, 1.165) is 56.9 Å². The van der Waals surface area contributed by atoms with Gasteiger partial charge in [-0.3, -0.25) is 4.79 Å². The molecule has 23 heavy (non-hydrogen) atoms. The summed E-state index contributed by atoms with van der Waals surface area (Å²) in [5, 5.41) is 3.64. The Hall–Kier alpha value is -1.36. The van der Waals surface area contributed by atoms with Crippen molar-refractivity contribution in [2.24, 2.45) is 0 Å². The number of esters is 1. The van der Waals surface area contributed by atoms with E-state index in [4.69, 9.17) is 4.74 Å². The molecule has 1 aromatic rings. The highest BCUT2D eigenvalue weighted by atomic mass is 32.1. The van der Waals surface area contributed by atoms with Gasteiger partial charge in [0.1, 0.15) is 5.00 Å². The van der Waals surface area contributed by atoms with Crippen LogP contribution in [0.15, 0.2) is 0 Å². The number of carbonyl (C=O) groups excluding carboxylic acids is 2. The molecule has 0 unspecified atom stereocenters. The second-order valence-corrected chi connectivity index (χ2v) is 7.22. The lowest BCUT2D eigenvalue weighted by atomic mass is 10.1. The van der Waals surface area contributed by atoms with Gasteiger partial charge in [-0.05, 0) is 37.7 Å². The molecule has 1 heterocycles. The van der Waals surface area contributed by atoms with Gasteiger partial charge in [-0.2, -0.15) is 0 Å². The number of aryl methyl sites for hydroxylation is 1. The predicted molar refractivity (Wildman–Crippen MR) is 94.3 cm³/mol. The zero-order valence-electron chi connectivity index (χ0n) is 14.2. The van der Waals surface area contributed by atoms with Gasteiger partial charge >= 0.3 is 5.97 Å². The molecule has 0 saturated carbocycles. The molecule has 0 radical (unpaired) electrons. The second-order valence-electron chi connectivity index (χ2n) is 6.12. The monoisotopic (exact) mass is 337 g/mol. The molecule has 5 heteroatoms. The van der Waals surface area contributed by atoms with Crippen LogP contribution in [-0.4, -0.2) is 19.0 Å². The van der Waals surface area contributed by atoms with Crippen molar-refractivity contribution in [2.75, 3.05) is 12.4 Å². The third kappa shape index (κ3) is 4.80. The van der Waals surface area contributed by atoms with Crippen LogP contribution in [0, 0.1) is 0 Å². The number of anilines is 1. The van der Waals surface area contributed by atoms with Crippen molar-refractivity contribution in [3.05, 3.63) is 16.0 Å². The number of amides is 1. The number of rotatable bonds is 7. The first-order valence-electron chi connectivity index (χ1n) is 8.70. The summed E-state index contributed by atoms with van der Waals surface area (Å²) in [6.45, 7) is 2.15. The first-order chi connectivity index (χ1) is 11.2. The van der Waals surface area contributed by atoms with Crippen molar-refractivity contribution in [2.45, 2.75) is 71.1 Å².